The van der Waals surface area contributed by atoms with Crippen LogP contribution in [0.3, 0.4) is 0 Å². The molecule has 0 unspecified atom stereocenters. The van der Waals surface area contributed by atoms with Crippen molar-refractivity contribution in [2.75, 3.05) is 5.32 Å². The fourth-order valence-electron chi connectivity index (χ4n) is 2.91. The number of esters is 1. The van der Waals surface area contributed by atoms with Crippen LogP contribution in [0.4, 0.5) is 5.69 Å². The number of benzene rings is 1. The van der Waals surface area contributed by atoms with Crippen molar-refractivity contribution in [1.29, 1.82) is 0 Å². The molecule has 3 rings (SSSR count). The van der Waals surface area contributed by atoms with Crippen molar-refractivity contribution in [3.63, 3.8) is 0 Å². The van der Waals surface area contributed by atoms with Gasteiger partial charge < -0.3 is 10.1 Å². The van der Waals surface area contributed by atoms with Gasteiger partial charge in [0.05, 0.1) is 17.3 Å². The zero-order chi connectivity index (χ0) is 18.8. The average molecular weight is 357 g/mol. The number of ether oxygens (including phenoxy) is 1. The molecule has 1 aliphatic rings. The zero-order valence-corrected chi connectivity index (χ0v) is 15.2. The average Bonchev–Trinajstić information content (AvgIpc) is 2.77. The number of hydrogen-bond donors (Lipinski definition) is 1. The minimum absolute atomic E-state index is 0.0981. The molecule has 0 bridgehead atoms. The van der Waals surface area contributed by atoms with E-state index in [1.807, 2.05) is 30.3 Å². The summed E-state index contributed by atoms with van der Waals surface area (Å²) in [6, 6.07) is 9.17. The molecule has 1 aromatic heterocycles. The second kappa shape index (κ2) is 7.19. The van der Waals surface area contributed by atoms with Gasteiger partial charge in [-0.3, -0.25) is 19.1 Å². The highest BCUT2D eigenvalue weighted by Gasteiger charge is 2.30. The number of aromatic nitrogens is 2. The summed E-state index contributed by atoms with van der Waals surface area (Å²) in [5, 5.41) is 2.62. The van der Waals surface area contributed by atoms with Gasteiger partial charge in [0.1, 0.15) is 5.69 Å². The number of anilines is 1. The second-order valence-corrected chi connectivity index (χ2v) is 6.63. The Hall–Kier alpha value is -2.83. The van der Waals surface area contributed by atoms with Crippen LogP contribution in [0.25, 0.3) is 5.69 Å². The van der Waals surface area contributed by atoms with Crippen molar-refractivity contribution in [1.82, 2.24) is 9.36 Å². The van der Waals surface area contributed by atoms with E-state index in [2.05, 4.69) is 5.32 Å². The predicted molar refractivity (Wildman–Crippen MR) is 97.3 cm³/mol. The van der Waals surface area contributed by atoms with Crippen LogP contribution in [0.15, 0.2) is 35.1 Å². The van der Waals surface area contributed by atoms with Gasteiger partial charge in [0.15, 0.2) is 6.10 Å². The maximum atomic E-state index is 12.8. The Morgan fingerprint density at radius 2 is 1.88 bits per heavy atom. The summed E-state index contributed by atoms with van der Waals surface area (Å²) in [6.07, 6.45) is 1.69. The van der Waals surface area contributed by atoms with E-state index in [1.54, 1.807) is 18.7 Å². The van der Waals surface area contributed by atoms with Gasteiger partial charge in [-0.2, -0.15) is 0 Å². The third-order valence-electron chi connectivity index (χ3n) is 4.90. The largest absolute Gasteiger partial charge is 0.452 e. The second-order valence-electron chi connectivity index (χ2n) is 6.63. The van der Waals surface area contributed by atoms with E-state index >= 15 is 0 Å². The minimum Gasteiger partial charge on any atom is -0.452 e. The third-order valence-corrected chi connectivity index (χ3v) is 4.90. The van der Waals surface area contributed by atoms with Crippen LogP contribution in [0.2, 0.25) is 0 Å². The molecule has 1 amide bonds. The van der Waals surface area contributed by atoms with E-state index in [1.165, 1.54) is 11.6 Å². The Balaban J connectivity index is 1.78. The molecule has 1 saturated carbocycles. The quantitative estimate of drug-likeness (QED) is 0.832. The number of amides is 1. The Morgan fingerprint density at radius 3 is 2.46 bits per heavy atom. The van der Waals surface area contributed by atoms with E-state index in [0.717, 1.165) is 19.3 Å². The van der Waals surface area contributed by atoms with Gasteiger partial charge in [0.2, 0.25) is 0 Å². The molecular weight excluding hydrogens is 334 g/mol. The molecular formula is C19H23N3O4. The molecule has 0 radical (unpaired) electrons. The Bertz CT molecular complexity index is 878. The van der Waals surface area contributed by atoms with Gasteiger partial charge in [0.25, 0.3) is 11.5 Å². The lowest BCUT2D eigenvalue weighted by Gasteiger charge is -2.24. The van der Waals surface area contributed by atoms with Crippen molar-refractivity contribution in [3.05, 3.63) is 46.4 Å². The van der Waals surface area contributed by atoms with Gasteiger partial charge in [-0.15, -0.1) is 0 Å². The number of hydrogen-bond acceptors (Lipinski definition) is 4. The van der Waals surface area contributed by atoms with E-state index in [9.17, 15) is 14.4 Å². The topological polar surface area (TPSA) is 82.3 Å². The van der Waals surface area contributed by atoms with Crippen molar-refractivity contribution >= 4 is 17.6 Å². The summed E-state index contributed by atoms with van der Waals surface area (Å²) in [5.41, 5.74) is 1.17. The Morgan fingerprint density at radius 1 is 1.23 bits per heavy atom. The van der Waals surface area contributed by atoms with Crippen molar-refractivity contribution < 1.29 is 14.3 Å². The van der Waals surface area contributed by atoms with Gasteiger partial charge in [-0.05, 0) is 38.8 Å². The lowest BCUT2D eigenvalue weighted by molar-refractivity contribution is -0.159. The normalized spacial score (nSPS) is 15.2. The van der Waals surface area contributed by atoms with Gasteiger partial charge in [0, 0.05) is 7.05 Å². The molecule has 0 saturated heterocycles. The number of nitrogens with one attached hydrogen (secondary N) is 1. The summed E-state index contributed by atoms with van der Waals surface area (Å²) >= 11 is 0. The first kappa shape index (κ1) is 18.0. The summed E-state index contributed by atoms with van der Waals surface area (Å²) in [4.78, 5) is 37.1. The van der Waals surface area contributed by atoms with Gasteiger partial charge in [-0.25, -0.2) is 4.68 Å². The van der Waals surface area contributed by atoms with Crippen LogP contribution in [0.1, 0.15) is 31.9 Å². The molecule has 26 heavy (non-hydrogen) atoms. The molecule has 138 valence electrons. The Kier molecular flexibility index (Phi) is 4.97. The molecule has 1 aromatic carbocycles. The highest BCUT2D eigenvalue weighted by molar-refractivity contribution is 5.95. The fourth-order valence-corrected chi connectivity index (χ4v) is 2.91. The molecule has 2 aromatic rings. The number of carbonyl (C=O) groups is 2. The summed E-state index contributed by atoms with van der Waals surface area (Å²) in [5.74, 6) is -0.951. The third kappa shape index (κ3) is 3.29. The maximum Gasteiger partial charge on any atom is 0.309 e. The summed E-state index contributed by atoms with van der Waals surface area (Å²) < 4.78 is 8.38. The summed E-state index contributed by atoms with van der Waals surface area (Å²) in [7, 11) is 1.75. The van der Waals surface area contributed by atoms with Crippen LogP contribution >= 0.6 is 0 Å². The van der Waals surface area contributed by atoms with Gasteiger partial charge in [-0.1, -0.05) is 24.6 Å². The van der Waals surface area contributed by atoms with Crippen LogP contribution in [0, 0.1) is 12.8 Å². The molecule has 1 N–H and O–H groups in total. The lowest BCUT2D eigenvalue weighted by Crippen LogP contribution is -2.35. The number of nitrogens with zero attached hydrogens (tertiary/aromatic N) is 2. The lowest BCUT2D eigenvalue weighted by atomic mass is 9.86. The fraction of sp³-hybridized carbons (Fsp3) is 0.421. The van der Waals surface area contributed by atoms with Crippen LogP contribution in [-0.4, -0.2) is 27.3 Å². The van der Waals surface area contributed by atoms with E-state index in [4.69, 9.17) is 4.74 Å². The predicted octanol–water partition coefficient (Wildman–Crippen LogP) is 2.15. The van der Waals surface area contributed by atoms with Crippen LogP contribution < -0.4 is 10.9 Å². The highest BCUT2D eigenvalue weighted by atomic mass is 16.5. The minimum atomic E-state index is -0.952. The first-order valence-electron chi connectivity index (χ1n) is 8.75. The van der Waals surface area contributed by atoms with Crippen molar-refractivity contribution in [2.45, 2.75) is 39.2 Å². The number of rotatable bonds is 5. The van der Waals surface area contributed by atoms with Crippen LogP contribution in [0.5, 0.6) is 0 Å². The number of carbonyl (C=O) groups excluding carboxylic acids is 2. The molecule has 1 heterocycles. The monoisotopic (exact) mass is 357 g/mol. The molecule has 1 atom stereocenters. The summed E-state index contributed by atoms with van der Waals surface area (Å²) in [6.45, 7) is 3.27. The first-order chi connectivity index (χ1) is 12.4. The SMILES string of the molecule is Cc1c(NC(=O)[C@@H](C)OC(=O)C2CCC2)c(=O)n(-c2ccccc2)n1C. The molecule has 1 aliphatic carbocycles. The molecule has 0 aliphatic heterocycles. The molecule has 7 nitrogen and oxygen atoms in total. The van der Waals surface area contributed by atoms with Gasteiger partial charge >= 0.3 is 5.97 Å². The van der Waals surface area contributed by atoms with E-state index in [0.29, 0.717) is 11.4 Å². The zero-order valence-electron chi connectivity index (χ0n) is 15.2. The van der Waals surface area contributed by atoms with E-state index < -0.39 is 12.0 Å². The van der Waals surface area contributed by atoms with Crippen molar-refractivity contribution in [3.8, 4) is 5.69 Å². The maximum absolute atomic E-state index is 12.8. The highest BCUT2D eigenvalue weighted by Crippen LogP contribution is 2.27. The molecule has 0 spiro atoms. The Labute approximate surface area is 151 Å². The van der Waals surface area contributed by atoms with Crippen molar-refractivity contribution in [2.24, 2.45) is 13.0 Å². The van der Waals surface area contributed by atoms with Crippen LogP contribution in [-0.2, 0) is 21.4 Å². The first-order valence-corrected chi connectivity index (χ1v) is 8.75. The molecule has 1 fully saturated rings. The number of para-hydroxylation sites is 1. The standard InChI is InChI=1S/C19H23N3O4/c1-12-16(18(24)22(21(12)3)15-10-5-4-6-11-15)20-17(23)13(2)26-19(25)14-8-7-9-14/h4-6,10-11,13-14H,7-9H2,1-3H3,(H,20,23)/t13-/m1/s1. The van der Waals surface area contributed by atoms with E-state index in [-0.39, 0.29) is 23.1 Å². The molecule has 7 heteroatoms. The smallest absolute Gasteiger partial charge is 0.309 e.